The van der Waals surface area contributed by atoms with E-state index in [1.54, 1.807) is 0 Å². The van der Waals surface area contributed by atoms with Crippen LogP contribution in [0.25, 0.3) is 0 Å². The second kappa shape index (κ2) is 4.18. The van der Waals surface area contributed by atoms with Gasteiger partial charge in [-0.25, -0.2) is 0 Å². The normalized spacial score (nSPS) is 10.1. The van der Waals surface area contributed by atoms with E-state index in [4.69, 9.17) is 5.73 Å². The van der Waals surface area contributed by atoms with Gasteiger partial charge in [0.05, 0.1) is 4.88 Å². The summed E-state index contributed by atoms with van der Waals surface area (Å²) >= 11 is 1.21. The lowest BCUT2D eigenvalue weighted by atomic mass is 10.1. The average Bonchev–Trinajstić information content (AvgIpc) is 2.67. The molecule has 1 amide bonds. The molecule has 0 radical (unpaired) electrons. The van der Waals surface area contributed by atoms with Gasteiger partial charge in [-0.2, -0.15) is 0 Å². The van der Waals surface area contributed by atoms with Gasteiger partial charge in [-0.05, 0) is 17.1 Å². The fraction of sp³-hybridized carbons (Fsp3) is 0.100. The van der Waals surface area contributed by atoms with Crippen LogP contribution in [0, 0.1) is 0 Å². The van der Waals surface area contributed by atoms with E-state index in [1.165, 1.54) is 11.5 Å². The summed E-state index contributed by atoms with van der Waals surface area (Å²) in [6, 6.07) is 9.83. The average molecular weight is 219 g/mol. The van der Waals surface area contributed by atoms with Gasteiger partial charge in [-0.1, -0.05) is 34.8 Å². The SMILES string of the molecule is NC(=O)c1nnsc1Cc1ccccc1. The Kier molecular flexibility index (Phi) is 2.73. The van der Waals surface area contributed by atoms with Gasteiger partial charge in [0, 0.05) is 6.42 Å². The molecular formula is C10H9N3OS. The molecule has 76 valence electrons. The van der Waals surface area contributed by atoms with Crippen LogP contribution in [0.1, 0.15) is 20.9 Å². The van der Waals surface area contributed by atoms with Crippen molar-refractivity contribution in [2.75, 3.05) is 0 Å². The van der Waals surface area contributed by atoms with Crippen molar-refractivity contribution < 1.29 is 4.79 Å². The highest BCUT2D eigenvalue weighted by Gasteiger charge is 2.13. The zero-order chi connectivity index (χ0) is 10.7. The second-order valence-electron chi connectivity index (χ2n) is 3.07. The molecular weight excluding hydrogens is 210 g/mol. The maximum atomic E-state index is 11.0. The first-order valence-corrected chi connectivity index (χ1v) is 5.19. The molecule has 2 N–H and O–H groups in total. The zero-order valence-electron chi connectivity index (χ0n) is 7.88. The predicted octanol–water partition coefficient (Wildman–Crippen LogP) is 1.23. The van der Waals surface area contributed by atoms with Gasteiger partial charge in [-0.15, -0.1) is 5.10 Å². The van der Waals surface area contributed by atoms with Crippen LogP contribution < -0.4 is 5.73 Å². The molecule has 15 heavy (non-hydrogen) atoms. The molecule has 2 aromatic rings. The summed E-state index contributed by atoms with van der Waals surface area (Å²) in [5, 5.41) is 3.71. The van der Waals surface area contributed by atoms with E-state index in [-0.39, 0.29) is 5.69 Å². The molecule has 1 aromatic heterocycles. The van der Waals surface area contributed by atoms with Gasteiger partial charge in [-0.3, -0.25) is 4.79 Å². The monoisotopic (exact) mass is 219 g/mol. The molecule has 1 heterocycles. The Balaban J connectivity index is 2.25. The first kappa shape index (κ1) is 9.79. The lowest BCUT2D eigenvalue weighted by molar-refractivity contribution is 0.0995. The third-order valence-electron chi connectivity index (χ3n) is 2.00. The quantitative estimate of drug-likeness (QED) is 0.844. The Hall–Kier alpha value is -1.75. The van der Waals surface area contributed by atoms with Crippen molar-refractivity contribution in [3.05, 3.63) is 46.5 Å². The number of aromatic nitrogens is 2. The van der Waals surface area contributed by atoms with E-state index in [2.05, 4.69) is 9.59 Å². The smallest absolute Gasteiger partial charge is 0.270 e. The number of carbonyl (C=O) groups is 1. The maximum absolute atomic E-state index is 11.0. The zero-order valence-corrected chi connectivity index (χ0v) is 8.70. The first-order chi connectivity index (χ1) is 7.27. The number of benzene rings is 1. The standard InChI is InChI=1S/C10H9N3OS/c11-10(14)9-8(15-13-12-9)6-7-4-2-1-3-5-7/h1-5H,6H2,(H2,11,14). The van der Waals surface area contributed by atoms with Crippen LogP contribution in [0.15, 0.2) is 30.3 Å². The molecule has 0 saturated carbocycles. The highest BCUT2D eigenvalue weighted by molar-refractivity contribution is 7.05. The van der Waals surface area contributed by atoms with Crippen molar-refractivity contribution >= 4 is 17.4 Å². The van der Waals surface area contributed by atoms with Crippen molar-refractivity contribution in [2.24, 2.45) is 5.73 Å². The molecule has 5 heteroatoms. The lowest BCUT2D eigenvalue weighted by Gasteiger charge is -1.98. The molecule has 0 saturated heterocycles. The molecule has 0 aliphatic rings. The third-order valence-corrected chi connectivity index (χ3v) is 2.72. The Labute approximate surface area is 90.9 Å². The van der Waals surface area contributed by atoms with Crippen LogP contribution in [0.4, 0.5) is 0 Å². The minimum Gasteiger partial charge on any atom is -0.364 e. The molecule has 4 nitrogen and oxygen atoms in total. The maximum Gasteiger partial charge on any atom is 0.270 e. The summed E-state index contributed by atoms with van der Waals surface area (Å²) in [5.41, 5.74) is 6.58. The summed E-state index contributed by atoms with van der Waals surface area (Å²) in [6.45, 7) is 0. The fourth-order valence-corrected chi connectivity index (χ4v) is 1.97. The Bertz CT molecular complexity index is 467. The molecule has 0 aliphatic carbocycles. The molecule has 0 fully saturated rings. The summed E-state index contributed by atoms with van der Waals surface area (Å²) < 4.78 is 3.73. The lowest BCUT2D eigenvalue weighted by Crippen LogP contribution is -2.13. The number of primary amides is 1. The molecule has 0 aliphatic heterocycles. The number of amides is 1. The molecule has 1 aromatic carbocycles. The van der Waals surface area contributed by atoms with Gasteiger partial charge in [0.2, 0.25) is 0 Å². The van der Waals surface area contributed by atoms with Crippen LogP contribution >= 0.6 is 11.5 Å². The highest BCUT2D eigenvalue weighted by Crippen LogP contribution is 2.15. The van der Waals surface area contributed by atoms with Crippen LogP contribution in [-0.2, 0) is 6.42 Å². The predicted molar refractivity (Wildman–Crippen MR) is 57.7 cm³/mol. The topological polar surface area (TPSA) is 68.9 Å². The molecule has 0 bridgehead atoms. The van der Waals surface area contributed by atoms with Crippen molar-refractivity contribution in [2.45, 2.75) is 6.42 Å². The van der Waals surface area contributed by atoms with E-state index in [9.17, 15) is 4.79 Å². The Morgan fingerprint density at radius 2 is 2.07 bits per heavy atom. The number of hydrogen-bond donors (Lipinski definition) is 1. The first-order valence-electron chi connectivity index (χ1n) is 4.42. The fourth-order valence-electron chi connectivity index (χ4n) is 1.29. The minimum absolute atomic E-state index is 0.281. The van der Waals surface area contributed by atoms with Crippen molar-refractivity contribution in [3.63, 3.8) is 0 Å². The number of nitrogens with two attached hydrogens (primary N) is 1. The van der Waals surface area contributed by atoms with Crippen molar-refractivity contribution in [1.82, 2.24) is 9.59 Å². The Morgan fingerprint density at radius 1 is 1.33 bits per heavy atom. The van der Waals surface area contributed by atoms with Gasteiger partial charge in [0.1, 0.15) is 0 Å². The van der Waals surface area contributed by atoms with Gasteiger partial charge >= 0.3 is 0 Å². The van der Waals surface area contributed by atoms with Gasteiger partial charge < -0.3 is 5.73 Å². The molecule has 0 unspecified atom stereocenters. The third kappa shape index (κ3) is 2.19. The number of nitrogens with zero attached hydrogens (tertiary/aromatic N) is 2. The highest BCUT2D eigenvalue weighted by atomic mass is 32.1. The number of rotatable bonds is 3. The number of carbonyl (C=O) groups excluding carboxylic acids is 1. The van der Waals surface area contributed by atoms with E-state index in [1.807, 2.05) is 30.3 Å². The van der Waals surface area contributed by atoms with Crippen molar-refractivity contribution in [1.29, 1.82) is 0 Å². The van der Waals surface area contributed by atoms with Crippen LogP contribution in [0.3, 0.4) is 0 Å². The van der Waals surface area contributed by atoms with Gasteiger partial charge in [0.15, 0.2) is 5.69 Å². The summed E-state index contributed by atoms with van der Waals surface area (Å²) in [4.78, 5) is 11.8. The van der Waals surface area contributed by atoms with E-state index in [0.29, 0.717) is 6.42 Å². The van der Waals surface area contributed by atoms with E-state index >= 15 is 0 Å². The van der Waals surface area contributed by atoms with Gasteiger partial charge in [0.25, 0.3) is 5.91 Å². The van der Waals surface area contributed by atoms with Crippen molar-refractivity contribution in [3.8, 4) is 0 Å². The second-order valence-corrected chi connectivity index (χ2v) is 3.91. The van der Waals surface area contributed by atoms with E-state index < -0.39 is 5.91 Å². The molecule has 0 atom stereocenters. The van der Waals surface area contributed by atoms with Crippen LogP contribution in [-0.4, -0.2) is 15.5 Å². The Morgan fingerprint density at radius 3 is 2.73 bits per heavy atom. The van der Waals surface area contributed by atoms with Crippen LogP contribution in [0.5, 0.6) is 0 Å². The molecule has 2 rings (SSSR count). The summed E-state index contributed by atoms with van der Waals surface area (Å²) in [5.74, 6) is -0.519. The molecule has 0 spiro atoms. The van der Waals surface area contributed by atoms with Crippen LogP contribution in [0.2, 0.25) is 0 Å². The summed E-state index contributed by atoms with van der Waals surface area (Å²) in [7, 11) is 0. The summed E-state index contributed by atoms with van der Waals surface area (Å²) in [6.07, 6.45) is 0.650. The largest absolute Gasteiger partial charge is 0.364 e. The van der Waals surface area contributed by atoms with E-state index in [0.717, 1.165) is 10.4 Å². The number of hydrogen-bond acceptors (Lipinski definition) is 4. The minimum atomic E-state index is -0.519.